The van der Waals surface area contributed by atoms with E-state index in [-0.39, 0.29) is 23.4 Å². The molecule has 1 aliphatic heterocycles. The quantitative estimate of drug-likeness (QED) is 0.882. The Balaban J connectivity index is 1.75. The number of aromatic nitrogens is 2. The van der Waals surface area contributed by atoms with Crippen molar-refractivity contribution in [1.29, 1.82) is 0 Å². The van der Waals surface area contributed by atoms with Crippen LogP contribution in [0.25, 0.3) is 0 Å². The van der Waals surface area contributed by atoms with Crippen LogP contribution in [0.5, 0.6) is 0 Å². The van der Waals surface area contributed by atoms with Gasteiger partial charge in [-0.1, -0.05) is 30.3 Å². The molecule has 0 aliphatic carbocycles. The molecular formula is C18H22N4O2. The molecule has 6 nitrogen and oxygen atoms in total. The fourth-order valence-electron chi connectivity index (χ4n) is 2.95. The lowest BCUT2D eigenvalue weighted by Gasteiger charge is -2.17. The van der Waals surface area contributed by atoms with Gasteiger partial charge in [0.05, 0.1) is 5.69 Å². The Labute approximate surface area is 140 Å². The third-order valence-electron chi connectivity index (χ3n) is 4.04. The molecule has 24 heavy (non-hydrogen) atoms. The topological polar surface area (TPSA) is 78.1 Å². The average molecular weight is 326 g/mol. The van der Waals surface area contributed by atoms with E-state index >= 15 is 0 Å². The summed E-state index contributed by atoms with van der Waals surface area (Å²) >= 11 is 0. The second kappa shape index (κ2) is 6.86. The highest BCUT2D eigenvalue weighted by Crippen LogP contribution is 2.27. The molecule has 1 amide bonds. The third kappa shape index (κ3) is 3.82. The van der Waals surface area contributed by atoms with E-state index < -0.39 is 0 Å². The molecule has 0 bridgehead atoms. The first-order chi connectivity index (χ1) is 11.5. The molecule has 2 heterocycles. The van der Waals surface area contributed by atoms with Gasteiger partial charge in [0.1, 0.15) is 0 Å². The monoisotopic (exact) mass is 326 g/mol. The summed E-state index contributed by atoms with van der Waals surface area (Å²) in [6, 6.07) is 11.6. The molecule has 3 rings (SSSR count). The van der Waals surface area contributed by atoms with E-state index in [2.05, 4.69) is 15.3 Å². The molecular weight excluding hydrogens is 304 g/mol. The maximum atomic E-state index is 12.3. The molecule has 1 fully saturated rings. The van der Waals surface area contributed by atoms with Gasteiger partial charge in [-0.15, -0.1) is 0 Å². The predicted molar refractivity (Wildman–Crippen MR) is 92.8 cm³/mol. The van der Waals surface area contributed by atoms with Gasteiger partial charge in [0, 0.05) is 37.5 Å². The Bertz CT molecular complexity index is 770. The van der Waals surface area contributed by atoms with Crippen LogP contribution in [0.15, 0.2) is 41.2 Å². The SMILES string of the molecule is CC(C)Nc1nc([C@H]2CC(=O)N(Cc3ccccc3)C2)cc(=O)[nH]1. The number of aromatic amines is 1. The van der Waals surface area contributed by atoms with Crippen LogP contribution >= 0.6 is 0 Å². The number of anilines is 1. The number of rotatable bonds is 5. The Morgan fingerprint density at radius 2 is 2.04 bits per heavy atom. The molecule has 1 aromatic heterocycles. The van der Waals surface area contributed by atoms with Gasteiger partial charge in [-0.3, -0.25) is 14.6 Å². The highest BCUT2D eigenvalue weighted by Gasteiger charge is 2.31. The number of amides is 1. The van der Waals surface area contributed by atoms with Gasteiger partial charge in [0.15, 0.2) is 0 Å². The molecule has 6 heteroatoms. The minimum atomic E-state index is -0.197. The van der Waals surface area contributed by atoms with Gasteiger partial charge in [-0.25, -0.2) is 4.98 Å². The van der Waals surface area contributed by atoms with Crippen LogP contribution in [0.2, 0.25) is 0 Å². The Kier molecular flexibility index (Phi) is 4.64. The molecule has 1 aromatic carbocycles. The molecule has 1 saturated heterocycles. The van der Waals surface area contributed by atoms with Crippen LogP contribution in [0.3, 0.4) is 0 Å². The van der Waals surface area contributed by atoms with Crippen LogP contribution in [-0.2, 0) is 11.3 Å². The number of nitrogens with zero attached hydrogens (tertiary/aromatic N) is 2. The first-order valence-electron chi connectivity index (χ1n) is 8.21. The highest BCUT2D eigenvalue weighted by atomic mass is 16.2. The summed E-state index contributed by atoms with van der Waals surface area (Å²) in [6.45, 7) is 5.14. The second-order valence-corrected chi connectivity index (χ2v) is 6.48. The lowest BCUT2D eigenvalue weighted by molar-refractivity contribution is -0.128. The Morgan fingerprint density at radius 1 is 1.29 bits per heavy atom. The van der Waals surface area contributed by atoms with Crippen molar-refractivity contribution < 1.29 is 4.79 Å². The zero-order chi connectivity index (χ0) is 17.1. The third-order valence-corrected chi connectivity index (χ3v) is 4.04. The van der Waals surface area contributed by atoms with Crippen LogP contribution < -0.4 is 10.9 Å². The fraction of sp³-hybridized carbons (Fsp3) is 0.389. The van der Waals surface area contributed by atoms with Crippen molar-refractivity contribution in [2.75, 3.05) is 11.9 Å². The van der Waals surface area contributed by atoms with E-state index in [9.17, 15) is 9.59 Å². The lowest BCUT2D eigenvalue weighted by Crippen LogP contribution is -2.24. The summed E-state index contributed by atoms with van der Waals surface area (Å²) in [5, 5.41) is 3.11. The molecule has 0 radical (unpaired) electrons. The van der Waals surface area contributed by atoms with Gasteiger partial charge < -0.3 is 10.2 Å². The first-order valence-corrected chi connectivity index (χ1v) is 8.21. The molecule has 1 aliphatic rings. The predicted octanol–water partition coefficient (Wildman–Crippen LogP) is 2.11. The van der Waals surface area contributed by atoms with Gasteiger partial charge in [0.25, 0.3) is 5.56 Å². The van der Waals surface area contributed by atoms with Crippen LogP contribution in [0.1, 0.15) is 37.4 Å². The maximum Gasteiger partial charge on any atom is 0.252 e. The largest absolute Gasteiger partial charge is 0.354 e. The van der Waals surface area contributed by atoms with Crippen molar-refractivity contribution in [3.63, 3.8) is 0 Å². The molecule has 1 atom stereocenters. The van der Waals surface area contributed by atoms with E-state index in [4.69, 9.17) is 0 Å². The summed E-state index contributed by atoms with van der Waals surface area (Å²) in [4.78, 5) is 33.2. The molecule has 2 N–H and O–H groups in total. The lowest BCUT2D eigenvalue weighted by atomic mass is 10.0. The fourth-order valence-corrected chi connectivity index (χ4v) is 2.95. The Morgan fingerprint density at radius 3 is 2.75 bits per heavy atom. The van der Waals surface area contributed by atoms with Crippen molar-refractivity contribution >= 4 is 11.9 Å². The minimum absolute atomic E-state index is 0.0452. The van der Waals surface area contributed by atoms with Crippen molar-refractivity contribution in [2.45, 2.75) is 38.8 Å². The number of hydrogen-bond acceptors (Lipinski definition) is 4. The number of nitrogens with one attached hydrogen (secondary N) is 2. The molecule has 2 aromatic rings. The van der Waals surface area contributed by atoms with Crippen molar-refractivity contribution in [2.24, 2.45) is 0 Å². The summed E-state index contributed by atoms with van der Waals surface area (Å²) in [6.07, 6.45) is 0.393. The zero-order valence-electron chi connectivity index (χ0n) is 14.0. The summed E-state index contributed by atoms with van der Waals surface area (Å²) in [7, 11) is 0. The smallest absolute Gasteiger partial charge is 0.252 e. The summed E-state index contributed by atoms with van der Waals surface area (Å²) < 4.78 is 0. The van der Waals surface area contributed by atoms with Gasteiger partial charge in [0.2, 0.25) is 11.9 Å². The normalized spacial score (nSPS) is 17.5. The molecule has 0 unspecified atom stereocenters. The number of carbonyl (C=O) groups excluding carboxylic acids is 1. The van der Waals surface area contributed by atoms with Crippen LogP contribution in [-0.4, -0.2) is 33.4 Å². The molecule has 126 valence electrons. The number of benzene rings is 1. The van der Waals surface area contributed by atoms with Crippen LogP contribution in [0, 0.1) is 0 Å². The summed E-state index contributed by atoms with van der Waals surface area (Å²) in [5.74, 6) is 0.516. The Hall–Kier alpha value is -2.63. The highest BCUT2D eigenvalue weighted by molar-refractivity contribution is 5.79. The number of hydrogen-bond donors (Lipinski definition) is 2. The van der Waals surface area contributed by atoms with Crippen molar-refractivity contribution in [1.82, 2.24) is 14.9 Å². The minimum Gasteiger partial charge on any atom is -0.354 e. The molecule has 0 spiro atoms. The summed E-state index contributed by atoms with van der Waals surface area (Å²) in [5.41, 5.74) is 1.58. The van der Waals surface area contributed by atoms with Gasteiger partial charge in [-0.2, -0.15) is 0 Å². The second-order valence-electron chi connectivity index (χ2n) is 6.48. The maximum absolute atomic E-state index is 12.3. The average Bonchev–Trinajstić information content (AvgIpc) is 2.88. The van der Waals surface area contributed by atoms with Gasteiger partial charge in [-0.05, 0) is 19.4 Å². The van der Waals surface area contributed by atoms with E-state index in [1.807, 2.05) is 49.1 Å². The van der Waals surface area contributed by atoms with E-state index in [1.165, 1.54) is 6.07 Å². The van der Waals surface area contributed by atoms with E-state index in [1.54, 1.807) is 0 Å². The number of likely N-dealkylation sites (tertiary alicyclic amines) is 1. The van der Waals surface area contributed by atoms with Gasteiger partial charge >= 0.3 is 0 Å². The molecule has 0 saturated carbocycles. The zero-order valence-corrected chi connectivity index (χ0v) is 14.0. The van der Waals surface area contributed by atoms with E-state index in [0.29, 0.717) is 31.2 Å². The number of H-pyrrole nitrogens is 1. The van der Waals surface area contributed by atoms with Crippen LogP contribution in [0.4, 0.5) is 5.95 Å². The van der Waals surface area contributed by atoms with Crippen molar-refractivity contribution in [3.05, 3.63) is 58.0 Å². The number of carbonyl (C=O) groups is 1. The van der Waals surface area contributed by atoms with Crippen molar-refractivity contribution in [3.8, 4) is 0 Å². The standard InChI is InChI=1S/C18H22N4O2/c1-12(2)19-18-20-15(9-16(23)21-18)14-8-17(24)22(11-14)10-13-6-4-3-5-7-13/h3-7,9,12,14H,8,10-11H2,1-2H3,(H2,19,20,21,23)/t14-/m0/s1. The van der Waals surface area contributed by atoms with E-state index in [0.717, 1.165) is 5.56 Å². The first kappa shape index (κ1) is 16.2.